The van der Waals surface area contributed by atoms with Gasteiger partial charge in [-0.1, -0.05) is 12.1 Å². The van der Waals surface area contributed by atoms with Crippen LogP contribution in [0, 0.1) is 0 Å². The molecule has 2 heterocycles. The molecule has 2 N–H and O–H groups in total. The maximum Gasteiger partial charge on any atom is 0.319 e. The number of hydrogen-bond donors (Lipinski definition) is 2. The summed E-state index contributed by atoms with van der Waals surface area (Å²) in [5.41, 5.74) is 2.78. The molecule has 0 aliphatic rings. The summed E-state index contributed by atoms with van der Waals surface area (Å²) in [4.78, 5) is 24.9. The van der Waals surface area contributed by atoms with Gasteiger partial charge in [-0.3, -0.25) is 15.0 Å². The molecule has 0 saturated carbocycles. The van der Waals surface area contributed by atoms with E-state index in [4.69, 9.17) is 4.74 Å². The van der Waals surface area contributed by atoms with Crippen LogP contribution in [-0.4, -0.2) is 28.1 Å². The van der Waals surface area contributed by atoms with E-state index in [1.807, 2.05) is 24.3 Å². The average molecular weight is 335 g/mol. The molecule has 0 radical (unpaired) electrons. The highest BCUT2D eigenvalue weighted by atomic mass is 16.5. The number of benzene rings is 1. The average Bonchev–Trinajstić information content (AvgIpc) is 2.68. The second kappa shape index (κ2) is 7.87. The number of carbonyl (C=O) groups excluding carboxylic acids is 1. The van der Waals surface area contributed by atoms with Crippen LogP contribution in [0.1, 0.15) is 5.69 Å². The number of rotatable bonds is 5. The Hall–Kier alpha value is -3.48. The molecule has 0 unspecified atom stereocenters. The highest BCUT2D eigenvalue weighted by molar-refractivity contribution is 5.90. The first-order chi connectivity index (χ1) is 12.3. The van der Waals surface area contributed by atoms with E-state index in [1.165, 1.54) is 0 Å². The number of aromatic nitrogens is 3. The van der Waals surface area contributed by atoms with Crippen molar-refractivity contribution in [1.82, 2.24) is 20.3 Å². The number of para-hydroxylation sites is 2. The van der Waals surface area contributed by atoms with Crippen LogP contribution in [-0.2, 0) is 6.54 Å². The number of ether oxygens (including phenoxy) is 1. The van der Waals surface area contributed by atoms with Crippen LogP contribution in [0.5, 0.6) is 5.75 Å². The number of anilines is 1. The van der Waals surface area contributed by atoms with Crippen molar-refractivity contribution in [3.63, 3.8) is 0 Å². The third-order valence-corrected chi connectivity index (χ3v) is 3.48. The maximum atomic E-state index is 12.2. The maximum absolute atomic E-state index is 12.2. The van der Waals surface area contributed by atoms with Crippen molar-refractivity contribution in [2.24, 2.45) is 0 Å². The molecular weight excluding hydrogens is 318 g/mol. The molecule has 25 heavy (non-hydrogen) atoms. The Balaban J connectivity index is 1.69. The topological polar surface area (TPSA) is 89.0 Å². The highest BCUT2D eigenvalue weighted by Gasteiger charge is 2.10. The predicted octanol–water partition coefficient (Wildman–Crippen LogP) is 2.87. The molecule has 0 spiro atoms. The van der Waals surface area contributed by atoms with E-state index in [0.717, 1.165) is 5.56 Å². The predicted molar refractivity (Wildman–Crippen MR) is 94.1 cm³/mol. The Morgan fingerprint density at radius 3 is 2.72 bits per heavy atom. The Morgan fingerprint density at radius 1 is 1.08 bits per heavy atom. The van der Waals surface area contributed by atoms with Gasteiger partial charge in [0.1, 0.15) is 5.75 Å². The first-order valence-electron chi connectivity index (χ1n) is 7.66. The first-order valence-corrected chi connectivity index (χ1v) is 7.66. The van der Waals surface area contributed by atoms with Crippen LogP contribution < -0.4 is 15.4 Å². The standard InChI is InChI=1S/C18H17N5O2/c1-25-16-7-3-2-6-14(16)23-18(24)22-12-15-17(21-10-9-20-15)13-5-4-8-19-11-13/h2-11H,12H2,1H3,(H2,22,23,24). The number of hydrogen-bond acceptors (Lipinski definition) is 5. The fourth-order valence-electron chi connectivity index (χ4n) is 2.32. The lowest BCUT2D eigenvalue weighted by Gasteiger charge is -2.12. The van der Waals surface area contributed by atoms with Gasteiger partial charge in [0.25, 0.3) is 0 Å². The quantitative estimate of drug-likeness (QED) is 0.748. The number of methoxy groups -OCH3 is 1. The van der Waals surface area contributed by atoms with Crippen LogP contribution in [0.4, 0.5) is 10.5 Å². The smallest absolute Gasteiger partial charge is 0.319 e. The van der Waals surface area contributed by atoms with E-state index in [-0.39, 0.29) is 12.6 Å². The Bertz CT molecular complexity index is 855. The van der Waals surface area contributed by atoms with Crippen molar-refractivity contribution >= 4 is 11.7 Å². The molecule has 3 aromatic rings. The van der Waals surface area contributed by atoms with Crippen molar-refractivity contribution in [3.8, 4) is 17.0 Å². The Labute approximate surface area is 145 Å². The highest BCUT2D eigenvalue weighted by Crippen LogP contribution is 2.23. The SMILES string of the molecule is COc1ccccc1NC(=O)NCc1nccnc1-c1cccnc1. The molecule has 0 fully saturated rings. The van der Waals surface area contributed by atoms with Crippen LogP contribution in [0.25, 0.3) is 11.3 Å². The summed E-state index contributed by atoms with van der Waals surface area (Å²) in [5.74, 6) is 0.591. The molecule has 0 aliphatic heterocycles. The second-order valence-electron chi connectivity index (χ2n) is 5.10. The molecule has 2 amide bonds. The lowest BCUT2D eigenvalue weighted by molar-refractivity contribution is 0.251. The fraction of sp³-hybridized carbons (Fsp3) is 0.111. The molecule has 2 aromatic heterocycles. The molecule has 0 atom stereocenters. The van der Waals surface area contributed by atoms with Gasteiger partial charge in [0.15, 0.2) is 0 Å². The van der Waals surface area contributed by atoms with Crippen molar-refractivity contribution in [1.29, 1.82) is 0 Å². The van der Waals surface area contributed by atoms with E-state index in [9.17, 15) is 4.79 Å². The van der Waals surface area contributed by atoms with E-state index in [0.29, 0.717) is 22.8 Å². The van der Waals surface area contributed by atoms with Crippen LogP contribution in [0.3, 0.4) is 0 Å². The molecule has 0 bridgehead atoms. The van der Waals surface area contributed by atoms with E-state index in [1.54, 1.807) is 44.0 Å². The van der Waals surface area contributed by atoms with Gasteiger partial charge >= 0.3 is 6.03 Å². The summed E-state index contributed by atoms with van der Waals surface area (Å²) in [6, 6.07) is 10.6. The lowest BCUT2D eigenvalue weighted by atomic mass is 10.1. The van der Waals surface area contributed by atoms with E-state index >= 15 is 0 Å². The van der Waals surface area contributed by atoms with Gasteiger partial charge in [0, 0.05) is 30.4 Å². The Kier molecular flexibility index (Phi) is 5.16. The Morgan fingerprint density at radius 2 is 1.92 bits per heavy atom. The van der Waals surface area contributed by atoms with Gasteiger partial charge in [-0.15, -0.1) is 0 Å². The summed E-state index contributed by atoms with van der Waals surface area (Å²) < 4.78 is 5.21. The molecule has 3 rings (SSSR count). The summed E-state index contributed by atoms with van der Waals surface area (Å²) in [6.45, 7) is 0.235. The normalized spacial score (nSPS) is 10.1. The third-order valence-electron chi connectivity index (χ3n) is 3.48. The van der Waals surface area contributed by atoms with Gasteiger partial charge in [-0.25, -0.2) is 4.79 Å². The molecule has 7 nitrogen and oxygen atoms in total. The molecule has 126 valence electrons. The van der Waals surface area contributed by atoms with Gasteiger partial charge in [-0.05, 0) is 24.3 Å². The third kappa shape index (κ3) is 4.08. The molecule has 0 saturated heterocycles. The fourth-order valence-corrected chi connectivity index (χ4v) is 2.32. The molecule has 0 aliphatic carbocycles. The summed E-state index contributed by atoms with van der Waals surface area (Å²) in [5, 5.41) is 5.54. The van der Waals surface area contributed by atoms with Crippen molar-refractivity contribution < 1.29 is 9.53 Å². The minimum atomic E-state index is -0.354. The molecule has 7 heteroatoms. The zero-order valence-corrected chi connectivity index (χ0v) is 13.6. The number of amides is 2. The minimum absolute atomic E-state index is 0.235. The van der Waals surface area contributed by atoms with Crippen LogP contribution in [0.2, 0.25) is 0 Å². The number of nitrogens with one attached hydrogen (secondary N) is 2. The summed E-state index contributed by atoms with van der Waals surface area (Å²) in [7, 11) is 1.55. The van der Waals surface area contributed by atoms with Crippen molar-refractivity contribution in [3.05, 3.63) is 66.9 Å². The zero-order chi connectivity index (χ0) is 17.5. The van der Waals surface area contributed by atoms with E-state index < -0.39 is 0 Å². The molecule has 1 aromatic carbocycles. The largest absolute Gasteiger partial charge is 0.495 e. The van der Waals surface area contributed by atoms with Gasteiger partial charge in [0.2, 0.25) is 0 Å². The summed E-state index contributed by atoms with van der Waals surface area (Å²) in [6.07, 6.45) is 6.61. The number of urea groups is 1. The monoisotopic (exact) mass is 335 g/mol. The lowest BCUT2D eigenvalue weighted by Crippen LogP contribution is -2.29. The first kappa shape index (κ1) is 16.4. The molecular formula is C18H17N5O2. The van der Waals surface area contributed by atoms with Crippen LogP contribution >= 0.6 is 0 Å². The van der Waals surface area contributed by atoms with Crippen molar-refractivity contribution in [2.45, 2.75) is 6.54 Å². The van der Waals surface area contributed by atoms with Crippen LogP contribution in [0.15, 0.2) is 61.2 Å². The zero-order valence-electron chi connectivity index (χ0n) is 13.6. The van der Waals surface area contributed by atoms with E-state index in [2.05, 4.69) is 25.6 Å². The minimum Gasteiger partial charge on any atom is -0.495 e. The van der Waals surface area contributed by atoms with Gasteiger partial charge in [-0.2, -0.15) is 0 Å². The number of nitrogens with zero attached hydrogens (tertiary/aromatic N) is 3. The number of pyridine rings is 1. The van der Waals surface area contributed by atoms with Gasteiger partial charge in [0.05, 0.1) is 30.7 Å². The van der Waals surface area contributed by atoms with Crippen molar-refractivity contribution in [2.75, 3.05) is 12.4 Å². The number of carbonyl (C=O) groups is 1. The second-order valence-corrected chi connectivity index (χ2v) is 5.10. The van der Waals surface area contributed by atoms with Gasteiger partial charge < -0.3 is 15.4 Å². The summed E-state index contributed by atoms with van der Waals surface area (Å²) >= 11 is 0.